The van der Waals surface area contributed by atoms with Crippen LogP contribution in [0, 0.1) is 0 Å². The Hall–Kier alpha value is 0.880. The third kappa shape index (κ3) is 30.9. The molecule has 0 amide bonds. The third-order valence-electron chi connectivity index (χ3n) is 9.79. The van der Waals surface area contributed by atoms with Crippen LogP contribution < -0.4 is 34.0 Å². The molecule has 0 heterocycles. The first-order chi connectivity index (χ1) is 19.3. The lowest BCUT2D eigenvalue weighted by Gasteiger charge is -2.42. The predicted octanol–water partition coefficient (Wildman–Crippen LogP) is 6.11. The summed E-state index contributed by atoms with van der Waals surface area (Å²) >= 11 is 0. The van der Waals surface area contributed by atoms with E-state index in [-0.39, 0.29) is 34.0 Å². The number of halogens is 2. The van der Waals surface area contributed by atoms with Crippen LogP contribution in [0.4, 0.5) is 0 Å². The summed E-state index contributed by atoms with van der Waals surface area (Å²) in [5, 5.41) is 0. The molecule has 0 bridgehead atoms. The molecule has 0 aromatic heterocycles. The number of nitrogens with zero attached hydrogens (tertiary/aromatic N) is 2. The van der Waals surface area contributed by atoms with Crippen molar-refractivity contribution in [3.8, 4) is 0 Å². The molecule has 1 atom stereocenters. The van der Waals surface area contributed by atoms with Gasteiger partial charge in [-0.25, -0.2) is 0 Å². The zero-order valence-electron chi connectivity index (χ0n) is 30.4. The molecule has 0 fully saturated rings. The molecule has 0 rings (SSSR count). The van der Waals surface area contributed by atoms with Crippen molar-refractivity contribution in [2.24, 2.45) is 0 Å². The van der Waals surface area contributed by atoms with Gasteiger partial charge in [-0.3, -0.25) is 0 Å². The van der Waals surface area contributed by atoms with Crippen molar-refractivity contribution >= 4 is 0 Å². The molecule has 0 aliphatic carbocycles. The minimum atomic E-state index is 0. The first kappa shape index (κ1) is 47.3. The molecule has 42 heavy (non-hydrogen) atoms. The normalized spacial score (nSPS) is 12.6. The van der Waals surface area contributed by atoms with Gasteiger partial charge in [-0.2, -0.15) is 0 Å². The highest BCUT2D eigenvalue weighted by molar-refractivity contribution is 4.61. The molecule has 258 valence electrons. The second kappa shape index (κ2) is 33.2. The first-order valence-corrected chi connectivity index (χ1v) is 18.9. The maximum Gasteiger partial charge on any atom is 0.138 e. The standard InChI is InChI=1S/C38H82N2.2BrH/c1-8-11-14-17-20-22-24-26-29-32-35-39(4,5)37-38(34-31-28-19-16-13-10-3)40(6,7)36-33-30-27-25-23-21-18-15-12-9-2;;/h38H,8-37H2,1-7H3;2*1H/q+2;;/p-2. The molecule has 0 aliphatic rings. The van der Waals surface area contributed by atoms with Gasteiger partial charge in [-0.1, -0.05) is 156 Å². The minimum Gasteiger partial charge on any atom is -1.00 e. The number of hydrogen-bond donors (Lipinski definition) is 0. The van der Waals surface area contributed by atoms with Crippen LogP contribution >= 0.6 is 0 Å². The summed E-state index contributed by atoms with van der Waals surface area (Å²) in [4.78, 5) is 0. The lowest BCUT2D eigenvalue weighted by atomic mass is 10.0. The molecular weight excluding hydrogens is 644 g/mol. The summed E-state index contributed by atoms with van der Waals surface area (Å²) in [6, 6.07) is 0.808. The summed E-state index contributed by atoms with van der Waals surface area (Å²) in [6.45, 7) is 11.1. The highest BCUT2D eigenvalue weighted by atomic mass is 79.9. The molecule has 2 nitrogen and oxygen atoms in total. The Labute approximate surface area is 289 Å². The zero-order chi connectivity index (χ0) is 29.8. The molecule has 0 radical (unpaired) electrons. The Morgan fingerprint density at radius 3 is 1.00 bits per heavy atom. The second-order valence-electron chi connectivity index (χ2n) is 14.9. The van der Waals surface area contributed by atoms with Gasteiger partial charge in [0.15, 0.2) is 0 Å². The molecule has 4 heteroatoms. The Morgan fingerprint density at radius 2 is 0.643 bits per heavy atom. The van der Waals surface area contributed by atoms with Crippen LogP contribution in [0.1, 0.15) is 194 Å². The number of hydrogen-bond acceptors (Lipinski definition) is 0. The van der Waals surface area contributed by atoms with Crippen LogP contribution in [0.15, 0.2) is 0 Å². The molecule has 0 saturated heterocycles. The molecule has 0 N–H and O–H groups in total. The van der Waals surface area contributed by atoms with Crippen LogP contribution in [-0.4, -0.2) is 62.8 Å². The Morgan fingerprint density at radius 1 is 0.357 bits per heavy atom. The number of quaternary nitrogens is 2. The van der Waals surface area contributed by atoms with E-state index in [1.54, 1.807) is 0 Å². The molecule has 0 aliphatic heterocycles. The molecule has 1 unspecified atom stereocenters. The Kier molecular flexibility index (Phi) is 37.4. The maximum atomic E-state index is 2.57. The van der Waals surface area contributed by atoms with Crippen LogP contribution in [0.25, 0.3) is 0 Å². The summed E-state index contributed by atoms with van der Waals surface area (Å²) < 4.78 is 2.46. The van der Waals surface area contributed by atoms with Crippen LogP contribution in [-0.2, 0) is 0 Å². The van der Waals surface area contributed by atoms with Gasteiger partial charge in [-0.15, -0.1) is 0 Å². The fraction of sp³-hybridized carbons (Fsp3) is 1.00. The number of unbranched alkanes of at least 4 members (excludes halogenated alkanes) is 23. The Balaban J connectivity index is -0.00000760. The van der Waals surface area contributed by atoms with E-state index in [1.165, 1.54) is 202 Å². The summed E-state index contributed by atoms with van der Waals surface area (Å²) in [5.41, 5.74) is 0. The molecule has 0 saturated carbocycles. The smallest absolute Gasteiger partial charge is 0.138 e. The SMILES string of the molecule is CCCCCCCCCCCC[N+](C)(C)CC(CCCCCCCC)[N+](C)(C)CCCCCCCCCCCC.[Br-].[Br-]. The van der Waals surface area contributed by atoms with E-state index in [4.69, 9.17) is 0 Å². The van der Waals surface area contributed by atoms with E-state index < -0.39 is 0 Å². The van der Waals surface area contributed by atoms with E-state index in [1.807, 2.05) is 0 Å². The van der Waals surface area contributed by atoms with Crippen molar-refractivity contribution in [3.05, 3.63) is 0 Å². The van der Waals surface area contributed by atoms with Crippen molar-refractivity contribution in [1.29, 1.82) is 0 Å². The van der Waals surface area contributed by atoms with Crippen molar-refractivity contribution in [1.82, 2.24) is 0 Å². The second-order valence-corrected chi connectivity index (χ2v) is 14.9. The van der Waals surface area contributed by atoms with Crippen LogP contribution in [0.3, 0.4) is 0 Å². The van der Waals surface area contributed by atoms with Gasteiger partial charge in [0.1, 0.15) is 12.6 Å². The highest BCUT2D eigenvalue weighted by Crippen LogP contribution is 2.22. The van der Waals surface area contributed by atoms with Crippen LogP contribution in [0.5, 0.6) is 0 Å². The van der Waals surface area contributed by atoms with Crippen molar-refractivity contribution in [3.63, 3.8) is 0 Å². The van der Waals surface area contributed by atoms with Gasteiger partial charge in [0.25, 0.3) is 0 Å². The van der Waals surface area contributed by atoms with Gasteiger partial charge in [-0.05, 0) is 32.1 Å². The molecule has 0 aromatic carbocycles. The third-order valence-corrected chi connectivity index (χ3v) is 9.79. The minimum absolute atomic E-state index is 0. The zero-order valence-corrected chi connectivity index (χ0v) is 33.6. The monoisotopic (exact) mass is 724 g/mol. The molecule has 0 spiro atoms. The lowest BCUT2D eigenvalue weighted by molar-refractivity contribution is -0.965. The quantitative estimate of drug-likeness (QED) is 0.0581. The lowest BCUT2D eigenvalue weighted by Crippen LogP contribution is -3.00. The van der Waals surface area contributed by atoms with E-state index in [2.05, 4.69) is 49.0 Å². The van der Waals surface area contributed by atoms with E-state index >= 15 is 0 Å². The van der Waals surface area contributed by atoms with Crippen molar-refractivity contribution < 1.29 is 42.9 Å². The van der Waals surface area contributed by atoms with Crippen molar-refractivity contribution in [2.45, 2.75) is 200 Å². The fourth-order valence-corrected chi connectivity index (χ4v) is 6.70. The number of likely N-dealkylation sites (N-methyl/N-ethyl adjacent to an activating group) is 2. The highest BCUT2D eigenvalue weighted by Gasteiger charge is 2.33. The van der Waals surface area contributed by atoms with Gasteiger partial charge < -0.3 is 42.9 Å². The predicted molar refractivity (Wildman–Crippen MR) is 184 cm³/mol. The summed E-state index contributed by atoms with van der Waals surface area (Å²) in [5.74, 6) is 0. The first-order valence-electron chi connectivity index (χ1n) is 18.9. The summed E-state index contributed by atoms with van der Waals surface area (Å²) in [7, 11) is 10.2. The Bertz CT molecular complexity index is 509. The van der Waals surface area contributed by atoms with E-state index in [0.29, 0.717) is 0 Å². The topological polar surface area (TPSA) is 0 Å². The fourth-order valence-electron chi connectivity index (χ4n) is 6.70. The van der Waals surface area contributed by atoms with Crippen molar-refractivity contribution in [2.75, 3.05) is 47.8 Å². The van der Waals surface area contributed by atoms with Gasteiger partial charge in [0.2, 0.25) is 0 Å². The van der Waals surface area contributed by atoms with E-state index in [9.17, 15) is 0 Å². The molecule has 0 aromatic rings. The van der Waals surface area contributed by atoms with E-state index in [0.717, 1.165) is 6.04 Å². The van der Waals surface area contributed by atoms with Gasteiger partial charge >= 0.3 is 0 Å². The average molecular weight is 727 g/mol. The largest absolute Gasteiger partial charge is 1.00 e. The number of rotatable bonds is 32. The van der Waals surface area contributed by atoms with Gasteiger partial charge in [0.05, 0.1) is 41.3 Å². The van der Waals surface area contributed by atoms with Gasteiger partial charge in [0, 0.05) is 6.42 Å². The average Bonchev–Trinajstić information content (AvgIpc) is 2.92. The van der Waals surface area contributed by atoms with Crippen LogP contribution in [0.2, 0.25) is 0 Å². The summed E-state index contributed by atoms with van der Waals surface area (Å²) in [6.07, 6.45) is 38.8. The maximum absolute atomic E-state index is 2.57. The molecular formula is C38H82Br2N2.